The largest absolute Gasteiger partial charge is 0.406 e. The Morgan fingerprint density at radius 2 is 1.92 bits per heavy atom. The summed E-state index contributed by atoms with van der Waals surface area (Å²) >= 11 is 3.49. The maximum absolute atomic E-state index is 5.95. The Labute approximate surface area is 164 Å². The Hall–Kier alpha value is -1.85. The van der Waals surface area contributed by atoms with Crippen molar-refractivity contribution in [1.82, 2.24) is 10.4 Å². The van der Waals surface area contributed by atoms with Gasteiger partial charge in [0.25, 0.3) is 0 Å². The Morgan fingerprint density at radius 3 is 2.69 bits per heavy atom. The molecule has 2 aromatic rings. The van der Waals surface area contributed by atoms with Crippen LogP contribution >= 0.6 is 15.9 Å². The van der Waals surface area contributed by atoms with E-state index >= 15 is 0 Å². The predicted octanol–water partition coefficient (Wildman–Crippen LogP) is 5.61. The number of hydrogen-bond acceptors (Lipinski definition) is 4. The summed E-state index contributed by atoms with van der Waals surface area (Å²) in [7, 11) is 1.99. The Morgan fingerprint density at radius 1 is 1.12 bits per heavy atom. The second-order valence-electron chi connectivity index (χ2n) is 6.63. The van der Waals surface area contributed by atoms with Gasteiger partial charge in [-0.05, 0) is 30.2 Å². The molecule has 0 fully saturated rings. The van der Waals surface area contributed by atoms with Crippen molar-refractivity contribution in [1.29, 1.82) is 0 Å². The summed E-state index contributed by atoms with van der Waals surface area (Å²) in [4.78, 5) is 10.4. The van der Waals surface area contributed by atoms with E-state index in [0.29, 0.717) is 0 Å². The quantitative estimate of drug-likeness (QED) is 0.449. The van der Waals surface area contributed by atoms with Gasteiger partial charge in [-0.1, -0.05) is 60.3 Å². The predicted molar refractivity (Wildman–Crippen MR) is 111 cm³/mol. The molecular weight excluding hydrogens is 390 g/mol. The van der Waals surface area contributed by atoms with Gasteiger partial charge in [-0.15, -0.1) is 5.06 Å². The molecule has 1 aliphatic rings. The van der Waals surface area contributed by atoms with Crippen LogP contribution in [0.1, 0.15) is 49.8 Å². The molecule has 5 heteroatoms. The van der Waals surface area contributed by atoms with Crippen LogP contribution in [0.15, 0.2) is 51.9 Å². The highest BCUT2D eigenvalue weighted by atomic mass is 79.9. The summed E-state index contributed by atoms with van der Waals surface area (Å²) < 4.78 is 1.08. The molecule has 138 valence electrons. The van der Waals surface area contributed by atoms with Gasteiger partial charge in [0.2, 0.25) is 0 Å². The molecule has 3 rings (SSSR count). The molecule has 0 saturated heterocycles. The van der Waals surface area contributed by atoms with Gasteiger partial charge in [0.1, 0.15) is 5.75 Å². The number of fused-ring (bicyclic) bond motifs is 1. The van der Waals surface area contributed by atoms with Gasteiger partial charge in [0.15, 0.2) is 0 Å². The molecule has 0 aliphatic carbocycles. The van der Waals surface area contributed by atoms with Crippen molar-refractivity contribution in [3.05, 3.63) is 58.1 Å². The van der Waals surface area contributed by atoms with Crippen molar-refractivity contribution in [2.75, 3.05) is 13.6 Å². The minimum Gasteiger partial charge on any atom is -0.406 e. The summed E-state index contributed by atoms with van der Waals surface area (Å²) in [6.07, 6.45) is 6.71. The molecule has 1 aliphatic heterocycles. The van der Waals surface area contributed by atoms with E-state index in [1.807, 2.05) is 24.2 Å². The molecule has 1 heterocycles. The Bertz CT molecular complexity index is 745. The third kappa shape index (κ3) is 4.86. The highest BCUT2D eigenvalue weighted by Gasteiger charge is 2.20. The lowest BCUT2D eigenvalue weighted by molar-refractivity contribution is -0.0327. The third-order valence-corrected chi connectivity index (χ3v) is 5.08. The minimum atomic E-state index is 0.108. The molecule has 26 heavy (non-hydrogen) atoms. The van der Waals surface area contributed by atoms with E-state index in [1.54, 1.807) is 6.34 Å². The molecular formula is C21H26BrN3O. The summed E-state index contributed by atoms with van der Waals surface area (Å²) in [6, 6.07) is 14.6. The number of rotatable bonds is 8. The average Bonchev–Trinajstić information content (AvgIpc) is 2.65. The fraction of sp³-hybridized carbons (Fsp3) is 0.381. The highest BCUT2D eigenvalue weighted by molar-refractivity contribution is 9.10. The standard InChI is InChI=1S/C21H26BrN3O/c1-3-4-5-6-13-25(2)26-18-11-12-19-20(14-18)23-15-24-21(19)16-7-9-17(22)10-8-16/h7-12,14-15,21H,3-6,13H2,1-2H3,(H,23,24). The van der Waals surface area contributed by atoms with Crippen LogP contribution in [0.2, 0.25) is 0 Å². The lowest BCUT2D eigenvalue weighted by Crippen LogP contribution is -2.25. The zero-order chi connectivity index (χ0) is 18.4. The Kier molecular flexibility index (Phi) is 6.69. The summed E-state index contributed by atoms with van der Waals surface area (Å²) in [5, 5.41) is 5.26. The monoisotopic (exact) mass is 415 g/mol. The highest BCUT2D eigenvalue weighted by Crippen LogP contribution is 2.35. The summed E-state index contributed by atoms with van der Waals surface area (Å²) in [5.74, 6) is 0.829. The topological polar surface area (TPSA) is 36.9 Å². The molecule has 2 aromatic carbocycles. The number of hydroxylamine groups is 2. The van der Waals surface area contributed by atoms with Gasteiger partial charge in [0.05, 0.1) is 18.1 Å². The second-order valence-corrected chi connectivity index (χ2v) is 7.55. The molecule has 4 nitrogen and oxygen atoms in total. The van der Waals surface area contributed by atoms with Gasteiger partial charge in [-0.25, -0.2) is 4.99 Å². The molecule has 0 saturated carbocycles. The van der Waals surface area contributed by atoms with Crippen molar-refractivity contribution in [3.63, 3.8) is 0 Å². The number of aliphatic imine (C=N–C) groups is 1. The number of hydrogen-bond donors (Lipinski definition) is 1. The van der Waals surface area contributed by atoms with Crippen molar-refractivity contribution in [2.24, 2.45) is 4.99 Å². The molecule has 0 amide bonds. The van der Waals surface area contributed by atoms with Gasteiger partial charge >= 0.3 is 0 Å². The lowest BCUT2D eigenvalue weighted by Gasteiger charge is -2.24. The fourth-order valence-corrected chi connectivity index (χ4v) is 3.39. The van der Waals surface area contributed by atoms with E-state index in [9.17, 15) is 0 Å². The minimum absolute atomic E-state index is 0.108. The zero-order valence-electron chi connectivity index (χ0n) is 15.4. The molecule has 0 radical (unpaired) electrons. The van der Waals surface area contributed by atoms with Crippen LogP contribution < -0.4 is 10.2 Å². The first-order valence-electron chi connectivity index (χ1n) is 9.24. The van der Waals surface area contributed by atoms with Gasteiger partial charge in [0, 0.05) is 29.7 Å². The zero-order valence-corrected chi connectivity index (χ0v) is 17.0. The maximum atomic E-state index is 5.95. The molecule has 1 atom stereocenters. The lowest BCUT2D eigenvalue weighted by atomic mass is 9.96. The molecule has 0 bridgehead atoms. The molecule has 0 spiro atoms. The SMILES string of the molecule is CCCCCCN(C)Oc1ccc2c(c1)N=CNC2c1ccc(Br)cc1. The first kappa shape index (κ1) is 18.9. The smallest absolute Gasteiger partial charge is 0.149 e. The van der Waals surface area contributed by atoms with Gasteiger partial charge < -0.3 is 10.2 Å². The number of nitrogens with one attached hydrogen (secondary N) is 1. The average molecular weight is 416 g/mol. The van der Waals surface area contributed by atoms with Crippen LogP contribution in [0.4, 0.5) is 5.69 Å². The van der Waals surface area contributed by atoms with E-state index in [2.05, 4.69) is 63.5 Å². The van der Waals surface area contributed by atoms with E-state index in [0.717, 1.165) is 34.4 Å². The second kappa shape index (κ2) is 9.19. The maximum Gasteiger partial charge on any atom is 0.149 e. The number of nitrogens with zero attached hydrogens (tertiary/aromatic N) is 2. The van der Waals surface area contributed by atoms with E-state index in [-0.39, 0.29) is 6.04 Å². The summed E-state index contributed by atoms with van der Waals surface area (Å²) in [5.41, 5.74) is 3.32. The van der Waals surface area contributed by atoms with Gasteiger partial charge in [-0.3, -0.25) is 0 Å². The first-order valence-corrected chi connectivity index (χ1v) is 10.0. The van der Waals surface area contributed by atoms with Crippen LogP contribution in [0.3, 0.4) is 0 Å². The van der Waals surface area contributed by atoms with Crippen molar-refractivity contribution in [3.8, 4) is 5.75 Å². The van der Waals surface area contributed by atoms with E-state index in [4.69, 9.17) is 4.84 Å². The number of unbranched alkanes of at least 4 members (excludes halogenated alkanes) is 3. The molecule has 1 unspecified atom stereocenters. The van der Waals surface area contributed by atoms with Crippen LogP contribution in [-0.2, 0) is 0 Å². The van der Waals surface area contributed by atoms with E-state index in [1.165, 1.54) is 24.8 Å². The Balaban J connectivity index is 1.68. The summed E-state index contributed by atoms with van der Waals surface area (Å²) in [6.45, 7) is 3.16. The van der Waals surface area contributed by atoms with Gasteiger partial charge in [-0.2, -0.15) is 0 Å². The van der Waals surface area contributed by atoms with Crippen LogP contribution in [0, 0.1) is 0 Å². The normalized spacial score (nSPS) is 15.6. The first-order chi connectivity index (χ1) is 12.7. The van der Waals surface area contributed by atoms with Crippen LogP contribution in [0.5, 0.6) is 5.75 Å². The van der Waals surface area contributed by atoms with Crippen molar-refractivity contribution >= 4 is 28.0 Å². The number of halogens is 1. The molecule has 1 N–H and O–H groups in total. The van der Waals surface area contributed by atoms with Crippen molar-refractivity contribution in [2.45, 2.75) is 38.6 Å². The third-order valence-electron chi connectivity index (χ3n) is 4.55. The fourth-order valence-electron chi connectivity index (χ4n) is 3.13. The van der Waals surface area contributed by atoms with Crippen LogP contribution in [0.25, 0.3) is 0 Å². The van der Waals surface area contributed by atoms with Crippen LogP contribution in [-0.4, -0.2) is 25.0 Å². The molecule has 0 aromatic heterocycles. The number of benzene rings is 2. The van der Waals surface area contributed by atoms with E-state index < -0.39 is 0 Å². The van der Waals surface area contributed by atoms with Crippen molar-refractivity contribution < 1.29 is 4.84 Å².